The van der Waals surface area contributed by atoms with Gasteiger partial charge in [-0.15, -0.1) is 13.2 Å². The number of amides is 3. The molecule has 2 aromatic rings. The first kappa shape index (κ1) is 31.0. The van der Waals surface area contributed by atoms with Crippen molar-refractivity contribution in [1.82, 2.24) is 9.80 Å². The van der Waals surface area contributed by atoms with Gasteiger partial charge in [0, 0.05) is 32.8 Å². The maximum Gasteiger partial charge on any atom is 0.253 e. The van der Waals surface area contributed by atoms with E-state index >= 15 is 0 Å². The highest BCUT2D eigenvalue weighted by molar-refractivity contribution is 6.34. The van der Waals surface area contributed by atoms with Gasteiger partial charge in [0.1, 0.15) is 11.6 Å². The highest BCUT2D eigenvalue weighted by atomic mass is 35.5. The summed E-state index contributed by atoms with van der Waals surface area (Å²) in [5, 5.41) is 9.90. The molecule has 2 bridgehead atoms. The molecule has 3 aliphatic rings. The molecule has 3 heterocycles. The Morgan fingerprint density at radius 2 is 1.84 bits per heavy atom. The third kappa shape index (κ3) is 5.52. The lowest BCUT2D eigenvalue weighted by Gasteiger charge is -2.37. The van der Waals surface area contributed by atoms with E-state index in [0.29, 0.717) is 49.5 Å². The largest absolute Gasteiger partial charge is 0.396 e. The molecule has 5 rings (SSSR count). The van der Waals surface area contributed by atoms with Gasteiger partial charge >= 0.3 is 0 Å². The standard InChI is InChI=1S/C34H40ClN3O5/c1-4-18-36(22-24-13-7-6-8-14-24)31(40)27-26-16-17-34(43-26)28(27)32(41)38(20-9-10-21-39)30(34)33(42)37(19-5-2)29-23(3)12-11-15-25(29)35/h4-8,11-15,26-28,30,39H,1-2,9-10,16-22H2,3H3/t26-,27+,28+,30?,34?/m1/s1. The normalized spacial score (nSPS) is 25.5. The van der Waals surface area contributed by atoms with Crippen molar-refractivity contribution in [2.24, 2.45) is 11.8 Å². The lowest BCUT2D eigenvalue weighted by atomic mass is 9.70. The lowest BCUT2D eigenvalue weighted by Crippen LogP contribution is -2.56. The van der Waals surface area contributed by atoms with Crippen LogP contribution in [0.15, 0.2) is 73.8 Å². The van der Waals surface area contributed by atoms with Crippen LogP contribution >= 0.6 is 11.6 Å². The summed E-state index contributed by atoms with van der Waals surface area (Å²) < 4.78 is 6.67. The zero-order valence-electron chi connectivity index (χ0n) is 24.7. The molecule has 5 atom stereocenters. The van der Waals surface area contributed by atoms with Crippen molar-refractivity contribution in [3.8, 4) is 0 Å². The number of carbonyl (C=O) groups is 3. The van der Waals surface area contributed by atoms with E-state index in [4.69, 9.17) is 16.3 Å². The van der Waals surface area contributed by atoms with Crippen molar-refractivity contribution < 1.29 is 24.2 Å². The molecule has 3 aliphatic heterocycles. The topological polar surface area (TPSA) is 90.4 Å². The Morgan fingerprint density at radius 1 is 1.09 bits per heavy atom. The summed E-state index contributed by atoms with van der Waals surface area (Å²) in [5.41, 5.74) is 1.22. The molecule has 9 heteroatoms. The molecular weight excluding hydrogens is 566 g/mol. The van der Waals surface area contributed by atoms with Crippen molar-refractivity contribution in [3.05, 3.63) is 90.0 Å². The van der Waals surface area contributed by atoms with E-state index < -0.39 is 29.6 Å². The zero-order valence-corrected chi connectivity index (χ0v) is 25.4. The Bertz CT molecular complexity index is 1360. The van der Waals surface area contributed by atoms with Crippen LogP contribution in [0.1, 0.15) is 36.8 Å². The minimum atomic E-state index is -1.14. The second-order valence-corrected chi connectivity index (χ2v) is 12.1. The number of ether oxygens (including phenoxy) is 1. The number of fused-ring (bicyclic) bond motifs is 1. The SMILES string of the molecule is C=CCN(Cc1ccccc1)C(=O)[C@@H]1[C@H]2C(=O)N(CCCCO)C(C(=O)N(CC=C)c3c(C)cccc3Cl)C23CC[C@H]1O3. The maximum atomic E-state index is 14.7. The number of aliphatic hydroxyl groups excluding tert-OH is 1. The third-order valence-electron chi connectivity index (χ3n) is 9.04. The van der Waals surface area contributed by atoms with Gasteiger partial charge in [-0.2, -0.15) is 0 Å². The number of hydrogen-bond donors (Lipinski definition) is 1. The van der Waals surface area contributed by atoms with Crippen molar-refractivity contribution in [2.75, 3.05) is 31.1 Å². The average molecular weight is 606 g/mol. The number of carbonyl (C=O) groups excluding carboxylic acids is 3. The number of anilines is 1. The summed E-state index contributed by atoms with van der Waals surface area (Å²) in [6, 6.07) is 14.2. The molecule has 3 saturated heterocycles. The van der Waals surface area contributed by atoms with Gasteiger partial charge in [-0.3, -0.25) is 14.4 Å². The minimum absolute atomic E-state index is 0.0215. The molecule has 8 nitrogen and oxygen atoms in total. The van der Waals surface area contributed by atoms with E-state index in [2.05, 4.69) is 13.2 Å². The molecule has 0 saturated carbocycles. The number of aryl methyl sites for hydroxylation is 1. The first-order chi connectivity index (χ1) is 20.8. The third-order valence-corrected chi connectivity index (χ3v) is 9.34. The number of para-hydroxylation sites is 1. The first-order valence-electron chi connectivity index (χ1n) is 15.0. The van der Waals surface area contributed by atoms with Gasteiger partial charge < -0.3 is 24.5 Å². The molecule has 1 spiro atoms. The molecule has 0 aliphatic carbocycles. The van der Waals surface area contributed by atoms with E-state index in [1.807, 2.05) is 49.4 Å². The first-order valence-corrected chi connectivity index (χ1v) is 15.4. The van der Waals surface area contributed by atoms with Crippen molar-refractivity contribution in [3.63, 3.8) is 0 Å². The Balaban J connectivity index is 1.54. The molecule has 1 N–H and O–H groups in total. The van der Waals surface area contributed by atoms with E-state index in [0.717, 1.165) is 11.1 Å². The van der Waals surface area contributed by atoms with E-state index in [-0.39, 0.29) is 37.4 Å². The molecule has 0 radical (unpaired) electrons. The summed E-state index contributed by atoms with van der Waals surface area (Å²) >= 11 is 6.64. The summed E-state index contributed by atoms with van der Waals surface area (Å²) in [4.78, 5) is 48.2. The van der Waals surface area contributed by atoms with Gasteiger partial charge in [-0.25, -0.2) is 0 Å². The number of likely N-dealkylation sites (tertiary alicyclic amines) is 1. The van der Waals surface area contributed by atoms with Gasteiger partial charge in [0.15, 0.2) is 0 Å². The van der Waals surface area contributed by atoms with Gasteiger partial charge in [-0.05, 0) is 49.8 Å². The predicted molar refractivity (Wildman–Crippen MR) is 166 cm³/mol. The Morgan fingerprint density at radius 3 is 2.51 bits per heavy atom. The van der Waals surface area contributed by atoms with E-state index in [1.165, 1.54) is 0 Å². The summed E-state index contributed by atoms with van der Waals surface area (Å²) in [5.74, 6) is -2.22. The highest BCUT2D eigenvalue weighted by Crippen LogP contribution is 2.59. The summed E-state index contributed by atoms with van der Waals surface area (Å²) in [7, 11) is 0. The van der Waals surface area contributed by atoms with Crippen molar-refractivity contribution in [2.45, 2.75) is 56.9 Å². The zero-order chi connectivity index (χ0) is 30.7. The van der Waals surface area contributed by atoms with Crippen LogP contribution in [0.2, 0.25) is 5.02 Å². The maximum absolute atomic E-state index is 14.7. The number of halogens is 1. The number of rotatable bonds is 13. The predicted octanol–water partition coefficient (Wildman–Crippen LogP) is 4.53. The molecule has 228 valence electrons. The quantitative estimate of drug-likeness (QED) is 0.268. The van der Waals surface area contributed by atoms with Crippen LogP contribution in [0.25, 0.3) is 0 Å². The summed E-state index contributed by atoms with van der Waals surface area (Å²) in [6.07, 6.45) is 4.93. The Labute approximate surface area is 258 Å². The number of nitrogens with zero attached hydrogens (tertiary/aromatic N) is 3. The molecule has 43 heavy (non-hydrogen) atoms. The van der Waals surface area contributed by atoms with Crippen LogP contribution in [0, 0.1) is 18.8 Å². The fourth-order valence-corrected chi connectivity index (χ4v) is 7.61. The summed E-state index contributed by atoms with van der Waals surface area (Å²) in [6.45, 7) is 10.8. The fraction of sp³-hybridized carbons (Fsp3) is 0.441. The van der Waals surface area contributed by atoms with Crippen LogP contribution in [0.3, 0.4) is 0 Å². The van der Waals surface area contributed by atoms with Crippen molar-refractivity contribution >= 4 is 35.0 Å². The van der Waals surface area contributed by atoms with Crippen LogP contribution in [0.4, 0.5) is 5.69 Å². The van der Waals surface area contributed by atoms with Gasteiger partial charge in [-0.1, -0.05) is 66.2 Å². The number of benzene rings is 2. The Hall–Kier alpha value is -3.46. The van der Waals surface area contributed by atoms with E-state index in [1.54, 1.807) is 32.9 Å². The minimum Gasteiger partial charge on any atom is -0.396 e. The number of aliphatic hydroxyl groups is 1. The smallest absolute Gasteiger partial charge is 0.253 e. The average Bonchev–Trinajstić information content (AvgIpc) is 3.64. The molecule has 2 unspecified atom stereocenters. The van der Waals surface area contributed by atoms with Crippen LogP contribution in [-0.4, -0.2) is 76.6 Å². The monoisotopic (exact) mass is 605 g/mol. The number of hydrogen-bond acceptors (Lipinski definition) is 5. The van der Waals surface area contributed by atoms with Gasteiger partial charge in [0.25, 0.3) is 5.91 Å². The van der Waals surface area contributed by atoms with Gasteiger partial charge in [0.05, 0.1) is 28.6 Å². The van der Waals surface area contributed by atoms with Crippen LogP contribution < -0.4 is 4.90 Å². The second-order valence-electron chi connectivity index (χ2n) is 11.7. The second kappa shape index (κ2) is 13.0. The molecule has 3 fully saturated rings. The lowest BCUT2D eigenvalue weighted by molar-refractivity contribution is -0.145. The van der Waals surface area contributed by atoms with Crippen LogP contribution in [0.5, 0.6) is 0 Å². The molecule has 3 amide bonds. The Kier molecular flexibility index (Phi) is 9.39. The molecular formula is C34H40ClN3O5. The highest BCUT2D eigenvalue weighted by Gasteiger charge is 2.74. The fourth-order valence-electron chi connectivity index (χ4n) is 7.28. The molecule has 2 aromatic carbocycles. The van der Waals surface area contributed by atoms with Crippen molar-refractivity contribution in [1.29, 1.82) is 0 Å². The molecule has 0 aromatic heterocycles. The van der Waals surface area contributed by atoms with E-state index in [9.17, 15) is 19.5 Å². The van der Waals surface area contributed by atoms with Gasteiger partial charge in [0.2, 0.25) is 11.8 Å². The number of unbranched alkanes of at least 4 members (excludes halogenated alkanes) is 1. The van der Waals surface area contributed by atoms with Crippen LogP contribution in [-0.2, 0) is 25.7 Å².